The van der Waals surface area contributed by atoms with Gasteiger partial charge in [0.05, 0.1) is 6.10 Å². The van der Waals surface area contributed by atoms with Crippen LogP contribution in [0, 0.1) is 34.5 Å². The predicted molar refractivity (Wildman–Crippen MR) is 92.9 cm³/mol. The van der Waals surface area contributed by atoms with Crippen LogP contribution in [0.3, 0.4) is 0 Å². The van der Waals surface area contributed by atoms with Gasteiger partial charge in [-0.3, -0.25) is 9.59 Å². The number of hydrogen-bond donors (Lipinski definition) is 2. The number of hydrogen-bond acceptors (Lipinski definition) is 5. The fourth-order valence-electron chi connectivity index (χ4n) is 7.80. The molecule has 1 aliphatic heterocycles. The number of aliphatic hydroxyl groups is 2. The first-order chi connectivity index (χ1) is 12.4. The van der Waals surface area contributed by atoms with Crippen LogP contribution in [0.15, 0.2) is 11.6 Å². The van der Waals surface area contributed by atoms with Crippen molar-refractivity contribution in [3.05, 3.63) is 11.6 Å². The summed E-state index contributed by atoms with van der Waals surface area (Å²) >= 11 is 0. The summed E-state index contributed by atoms with van der Waals surface area (Å²) < 4.78 is 6.13. The van der Waals surface area contributed by atoms with E-state index in [2.05, 4.69) is 6.92 Å². The summed E-state index contributed by atoms with van der Waals surface area (Å²) in [5.41, 5.74) is 0.735. The molecule has 1 heterocycles. The minimum atomic E-state index is -0.910. The summed E-state index contributed by atoms with van der Waals surface area (Å²) in [6.07, 6.45) is 6.72. The Morgan fingerprint density at radius 3 is 2.88 bits per heavy atom. The molecular weight excluding hydrogens is 332 g/mol. The number of aliphatic hydroxyl groups excluding tert-OH is 2. The number of fused-ring (bicyclic) bond motifs is 6. The van der Waals surface area contributed by atoms with E-state index in [9.17, 15) is 19.8 Å². The minimum Gasteiger partial charge on any atom is -0.389 e. The number of ether oxygens (including phenoxy) is 1. The summed E-state index contributed by atoms with van der Waals surface area (Å²) in [6.45, 7) is 1.84. The van der Waals surface area contributed by atoms with Gasteiger partial charge in [0.15, 0.2) is 17.9 Å². The highest BCUT2D eigenvalue weighted by Crippen LogP contribution is 2.71. The van der Waals surface area contributed by atoms with E-state index in [1.165, 1.54) is 5.57 Å². The van der Waals surface area contributed by atoms with Crippen molar-refractivity contribution in [1.29, 1.82) is 0 Å². The Balaban J connectivity index is 1.57. The third-order valence-electron chi connectivity index (χ3n) is 8.79. The zero-order chi connectivity index (χ0) is 18.3. The second kappa shape index (κ2) is 5.49. The van der Waals surface area contributed by atoms with Crippen LogP contribution in [0.2, 0.25) is 0 Å². The fourth-order valence-corrected chi connectivity index (χ4v) is 7.80. The molecule has 4 aliphatic carbocycles. The van der Waals surface area contributed by atoms with Crippen molar-refractivity contribution in [1.82, 2.24) is 0 Å². The van der Waals surface area contributed by atoms with E-state index in [1.807, 2.05) is 6.08 Å². The van der Waals surface area contributed by atoms with Gasteiger partial charge in [-0.05, 0) is 67.8 Å². The van der Waals surface area contributed by atoms with Crippen molar-refractivity contribution in [2.24, 2.45) is 34.5 Å². The van der Waals surface area contributed by atoms with Crippen LogP contribution in [0.1, 0.15) is 51.9 Å². The molecule has 0 aromatic carbocycles. The first kappa shape index (κ1) is 17.1. The van der Waals surface area contributed by atoms with Crippen molar-refractivity contribution in [2.75, 3.05) is 6.61 Å². The van der Waals surface area contributed by atoms with Crippen molar-refractivity contribution in [3.63, 3.8) is 0 Å². The van der Waals surface area contributed by atoms with Gasteiger partial charge in [0, 0.05) is 17.8 Å². The highest BCUT2D eigenvalue weighted by molar-refractivity contribution is 5.91. The largest absolute Gasteiger partial charge is 0.389 e. The standard InChI is InChI=1S/C21H28O5/c1-20-7-6-12(23)8-11(20)2-3-13-14-4-5-15(16(24)10-22)21(14)9-17(18(13)20)26-19(21)25/h8,13-15,17-19,22,25H,2-7,9-10H2,1H3/t13?,14?,15-,17?,18-,19?,20?,21?/m1/s1. The SMILES string of the molecule is CC12CCC(=O)C=C1CCC1C3CC[C@H](C(=O)CO)C34CC(OC4O)[C@@H]12. The smallest absolute Gasteiger partial charge is 0.162 e. The van der Waals surface area contributed by atoms with E-state index in [0.29, 0.717) is 24.7 Å². The van der Waals surface area contributed by atoms with Crippen LogP contribution < -0.4 is 0 Å². The summed E-state index contributed by atoms with van der Waals surface area (Å²) in [5.74, 6) is 0.837. The van der Waals surface area contributed by atoms with E-state index in [4.69, 9.17) is 4.74 Å². The summed E-state index contributed by atoms with van der Waals surface area (Å²) in [6, 6.07) is 0. The molecule has 5 rings (SSSR count). The topological polar surface area (TPSA) is 83.8 Å². The molecule has 1 saturated heterocycles. The van der Waals surface area contributed by atoms with Crippen LogP contribution in [-0.2, 0) is 14.3 Å². The van der Waals surface area contributed by atoms with Crippen LogP contribution in [-0.4, -0.2) is 40.8 Å². The number of ketones is 2. The predicted octanol–water partition coefficient (Wildman–Crippen LogP) is 2.00. The van der Waals surface area contributed by atoms with Crippen LogP contribution in [0.5, 0.6) is 0 Å². The molecule has 5 heteroatoms. The van der Waals surface area contributed by atoms with Gasteiger partial charge in [-0.2, -0.15) is 0 Å². The molecule has 0 radical (unpaired) electrons. The lowest BCUT2D eigenvalue weighted by Gasteiger charge is -2.57. The monoisotopic (exact) mass is 360 g/mol. The number of carbonyl (C=O) groups excluding carboxylic acids is 2. The number of carbonyl (C=O) groups is 2. The van der Waals surface area contributed by atoms with Gasteiger partial charge in [0.1, 0.15) is 6.61 Å². The molecule has 6 unspecified atom stereocenters. The minimum absolute atomic E-state index is 0.0310. The zero-order valence-corrected chi connectivity index (χ0v) is 15.3. The molecule has 1 spiro atoms. The molecule has 5 nitrogen and oxygen atoms in total. The Morgan fingerprint density at radius 2 is 2.12 bits per heavy atom. The summed E-state index contributed by atoms with van der Waals surface area (Å²) in [7, 11) is 0. The number of Topliss-reactive ketones (excluding diaryl/α,β-unsaturated/α-hetero) is 1. The van der Waals surface area contributed by atoms with Gasteiger partial charge in [0.2, 0.25) is 0 Å². The number of rotatable bonds is 2. The first-order valence-corrected chi connectivity index (χ1v) is 10.1. The second-order valence-corrected chi connectivity index (χ2v) is 9.49. The Morgan fingerprint density at radius 1 is 1.31 bits per heavy atom. The van der Waals surface area contributed by atoms with E-state index in [-0.39, 0.29) is 34.9 Å². The Kier molecular flexibility index (Phi) is 3.61. The summed E-state index contributed by atoms with van der Waals surface area (Å²) in [4.78, 5) is 24.4. The quantitative estimate of drug-likeness (QED) is 0.787. The molecule has 2 bridgehead atoms. The third kappa shape index (κ3) is 1.92. The van der Waals surface area contributed by atoms with E-state index in [0.717, 1.165) is 32.1 Å². The van der Waals surface area contributed by atoms with Crippen molar-refractivity contribution >= 4 is 11.6 Å². The molecule has 2 N–H and O–H groups in total. The average Bonchev–Trinajstić information content (AvgIpc) is 3.14. The van der Waals surface area contributed by atoms with Crippen LogP contribution >= 0.6 is 0 Å². The van der Waals surface area contributed by atoms with Gasteiger partial charge < -0.3 is 14.9 Å². The molecule has 4 fully saturated rings. The van der Waals surface area contributed by atoms with E-state index >= 15 is 0 Å². The van der Waals surface area contributed by atoms with Gasteiger partial charge in [-0.1, -0.05) is 12.5 Å². The molecule has 5 aliphatic rings. The molecule has 0 amide bonds. The van der Waals surface area contributed by atoms with Crippen molar-refractivity contribution in [3.8, 4) is 0 Å². The maximum absolute atomic E-state index is 12.4. The van der Waals surface area contributed by atoms with E-state index in [1.54, 1.807) is 0 Å². The normalized spacial score (nSPS) is 52.1. The Hall–Kier alpha value is -1.04. The van der Waals surface area contributed by atoms with Gasteiger partial charge >= 0.3 is 0 Å². The molecule has 26 heavy (non-hydrogen) atoms. The lowest BCUT2D eigenvalue weighted by molar-refractivity contribution is -0.160. The summed E-state index contributed by atoms with van der Waals surface area (Å²) in [5, 5.41) is 20.4. The first-order valence-electron chi connectivity index (χ1n) is 10.1. The maximum Gasteiger partial charge on any atom is 0.162 e. The Bertz CT molecular complexity index is 699. The van der Waals surface area contributed by atoms with Crippen LogP contribution in [0.4, 0.5) is 0 Å². The molecule has 3 saturated carbocycles. The van der Waals surface area contributed by atoms with Gasteiger partial charge in [0.25, 0.3) is 0 Å². The molecular formula is C21H28O5. The molecule has 8 atom stereocenters. The third-order valence-corrected chi connectivity index (χ3v) is 8.79. The zero-order valence-electron chi connectivity index (χ0n) is 15.3. The van der Waals surface area contributed by atoms with Crippen molar-refractivity contribution in [2.45, 2.75) is 64.3 Å². The Labute approximate surface area is 153 Å². The molecule has 0 aromatic heterocycles. The lowest BCUT2D eigenvalue weighted by atomic mass is 9.46. The highest BCUT2D eigenvalue weighted by Gasteiger charge is 2.71. The van der Waals surface area contributed by atoms with Crippen molar-refractivity contribution < 1.29 is 24.5 Å². The van der Waals surface area contributed by atoms with Gasteiger partial charge in [-0.25, -0.2) is 0 Å². The number of allylic oxidation sites excluding steroid dienone is 1. The lowest BCUT2D eigenvalue weighted by Crippen LogP contribution is -2.55. The van der Waals surface area contributed by atoms with E-state index < -0.39 is 18.3 Å². The molecule has 0 aromatic rings. The second-order valence-electron chi connectivity index (χ2n) is 9.49. The molecule has 142 valence electrons. The van der Waals surface area contributed by atoms with Crippen LogP contribution in [0.25, 0.3) is 0 Å². The fraction of sp³-hybridized carbons (Fsp3) is 0.810. The maximum atomic E-state index is 12.4. The average molecular weight is 360 g/mol. The van der Waals surface area contributed by atoms with Gasteiger partial charge in [-0.15, -0.1) is 0 Å². The highest BCUT2D eigenvalue weighted by atomic mass is 16.6.